The molecule has 1 heterocycles. The molecule has 7 nitrogen and oxygen atoms in total. The van der Waals surface area contributed by atoms with E-state index in [1.54, 1.807) is 43.3 Å². The summed E-state index contributed by atoms with van der Waals surface area (Å²) in [6.07, 6.45) is 0.464. The Hall–Kier alpha value is -3.48. The van der Waals surface area contributed by atoms with Gasteiger partial charge in [0.25, 0.3) is 0 Å². The predicted molar refractivity (Wildman–Crippen MR) is 102 cm³/mol. The summed E-state index contributed by atoms with van der Waals surface area (Å²) in [5.41, 5.74) is 0.00121. The molecule has 0 bridgehead atoms. The lowest BCUT2D eigenvalue weighted by Gasteiger charge is -2.12. The molecule has 7 heteroatoms. The summed E-state index contributed by atoms with van der Waals surface area (Å²) in [7, 11) is 1.29. The molecular formula is C21H20O7. The lowest BCUT2D eigenvalue weighted by molar-refractivity contribution is -0.147. The zero-order valence-corrected chi connectivity index (χ0v) is 15.8. The molecule has 0 fully saturated rings. The van der Waals surface area contributed by atoms with Crippen LogP contribution in [0.5, 0.6) is 23.0 Å². The van der Waals surface area contributed by atoms with Crippen molar-refractivity contribution in [3.63, 3.8) is 0 Å². The number of methoxy groups -OCH3 is 1. The van der Waals surface area contributed by atoms with E-state index in [1.165, 1.54) is 19.4 Å². The summed E-state index contributed by atoms with van der Waals surface area (Å²) >= 11 is 0. The highest BCUT2D eigenvalue weighted by Gasteiger charge is 2.16. The molecule has 0 saturated heterocycles. The van der Waals surface area contributed by atoms with E-state index < -0.39 is 12.1 Å². The summed E-state index contributed by atoms with van der Waals surface area (Å²) in [6, 6.07) is 11.6. The zero-order valence-electron chi connectivity index (χ0n) is 15.8. The van der Waals surface area contributed by atoms with Gasteiger partial charge in [-0.1, -0.05) is 0 Å². The molecule has 3 aromatic rings. The van der Waals surface area contributed by atoms with Crippen LogP contribution in [-0.2, 0) is 9.53 Å². The first-order chi connectivity index (χ1) is 13.5. The van der Waals surface area contributed by atoms with Crippen LogP contribution in [0.2, 0.25) is 0 Å². The van der Waals surface area contributed by atoms with Crippen molar-refractivity contribution in [2.45, 2.75) is 20.0 Å². The number of ether oxygens (including phenoxy) is 4. The summed E-state index contributed by atoms with van der Waals surface area (Å²) in [5, 5.41) is 0.335. The normalized spacial score (nSPS) is 11.7. The number of carbonyl (C=O) groups is 1. The number of esters is 1. The second-order valence-corrected chi connectivity index (χ2v) is 5.88. The molecule has 3 rings (SSSR count). The topological polar surface area (TPSA) is 84.2 Å². The third-order valence-electron chi connectivity index (χ3n) is 3.92. The highest BCUT2D eigenvalue weighted by Crippen LogP contribution is 2.25. The van der Waals surface area contributed by atoms with Gasteiger partial charge in [-0.25, -0.2) is 4.79 Å². The van der Waals surface area contributed by atoms with Crippen molar-refractivity contribution in [2.75, 3.05) is 13.7 Å². The Balaban J connectivity index is 1.82. The minimum Gasteiger partial charge on any atom is -0.494 e. The van der Waals surface area contributed by atoms with E-state index in [9.17, 15) is 9.59 Å². The lowest BCUT2D eigenvalue weighted by atomic mass is 10.2. The Morgan fingerprint density at radius 2 is 1.75 bits per heavy atom. The van der Waals surface area contributed by atoms with Crippen LogP contribution in [0.3, 0.4) is 0 Å². The van der Waals surface area contributed by atoms with Gasteiger partial charge >= 0.3 is 5.97 Å². The largest absolute Gasteiger partial charge is 0.494 e. The summed E-state index contributed by atoms with van der Waals surface area (Å²) < 4.78 is 26.6. The van der Waals surface area contributed by atoms with Crippen molar-refractivity contribution < 1.29 is 28.2 Å². The van der Waals surface area contributed by atoms with Gasteiger partial charge in [0, 0.05) is 6.07 Å². The number of hydrogen-bond donors (Lipinski definition) is 0. The molecular weight excluding hydrogens is 364 g/mol. The number of fused-ring (bicyclic) bond motifs is 1. The first-order valence-electron chi connectivity index (χ1n) is 8.72. The fourth-order valence-electron chi connectivity index (χ4n) is 2.55. The monoisotopic (exact) mass is 384 g/mol. The van der Waals surface area contributed by atoms with Crippen LogP contribution in [0.1, 0.15) is 13.8 Å². The molecule has 0 saturated carbocycles. The van der Waals surface area contributed by atoms with E-state index in [1.807, 2.05) is 6.92 Å². The lowest BCUT2D eigenvalue weighted by Crippen LogP contribution is -2.24. The molecule has 0 aliphatic rings. The minimum atomic E-state index is -0.781. The van der Waals surface area contributed by atoms with Crippen molar-refractivity contribution in [2.24, 2.45) is 0 Å². The molecule has 28 heavy (non-hydrogen) atoms. The smallest absolute Gasteiger partial charge is 0.346 e. The second kappa shape index (κ2) is 8.47. The zero-order chi connectivity index (χ0) is 20.1. The van der Waals surface area contributed by atoms with Crippen molar-refractivity contribution >= 4 is 16.9 Å². The number of hydrogen-bond acceptors (Lipinski definition) is 7. The van der Waals surface area contributed by atoms with E-state index in [-0.39, 0.29) is 11.2 Å². The molecule has 2 aromatic carbocycles. The van der Waals surface area contributed by atoms with Gasteiger partial charge < -0.3 is 23.4 Å². The van der Waals surface area contributed by atoms with Crippen molar-refractivity contribution in [3.8, 4) is 23.0 Å². The van der Waals surface area contributed by atoms with Gasteiger partial charge in [-0.15, -0.1) is 0 Å². The number of benzene rings is 2. The summed E-state index contributed by atoms with van der Waals surface area (Å²) in [5.74, 6) is 1.15. The van der Waals surface area contributed by atoms with Gasteiger partial charge in [-0.05, 0) is 50.2 Å². The third kappa shape index (κ3) is 4.25. The Morgan fingerprint density at radius 3 is 2.43 bits per heavy atom. The molecule has 0 spiro atoms. The SMILES string of the molecule is CCOc1ccc(Oc2coc3cc(O[C@H](C)C(=O)OC)ccc3c2=O)cc1. The quantitative estimate of drug-likeness (QED) is 0.571. The van der Waals surface area contributed by atoms with E-state index >= 15 is 0 Å². The van der Waals surface area contributed by atoms with Crippen LogP contribution < -0.4 is 19.6 Å². The Labute approximate surface area is 161 Å². The summed E-state index contributed by atoms with van der Waals surface area (Å²) in [4.78, 5) is 24.1. The van der Waals surface area contributed by atoms with Crippen LogP contribution in [0.25, 0.3) is 11.0 Å². The Kier molecular flexibility index (Phi) is 5.84. The van der Waals surface area contributed by atoms with Crippen LogP contribution in [0, 0.1) is 0 Å². The minimum absolute atomic E-state index is 0.0632. The molecule has 0 radical (unpaired) electrons. The highest BCUT2D eigenvalue weighted by atomic mass is 16.6. The van der Waals surface area contributed by atoms with Gasteiger partial charge in [0.1, 0.15) is 29.1 Å². The van der Waals surface area contributed by atoms with E-state index in [0.717, 1.165) is 0 Å². The average molecular weight is 384 g/mol. The van der Waals surface area contributed by atoms with Crippen LogP contribution >= 0.6 is 0 Å². The Morgan fingerprint density at radius 1 is 1.07 bits per heavy atom. The molecule has 0 aliphatic heterocycles. The van der Waals surface area contributed by atoms with Crippen molar-refractivity contribution in [1.29, 1.82) is 0 Å². The number of carbonyl (C=O) groups excluding carboxylic acids is 1. The first kappa shape index (κ1) is 19.3. The molecule has 0 amide bonds. The summed E-state index contributed by atoms with van der Waals surface area (Å²) in [6.45, 7) is 4.04. The van der Waals surface area contributed by atoms with Crippen molar-refractivity contribution in [3.05, 3.63) is 59.0 Å². The van der Waals surface area contributed by atoms with Gasteiger partial charge in [0.15, 0.2) is 6.10 Å². The molecule has 1 aromatic heterocycles. The fraction of sp³-hybridized carbons (Fsp3) is 0.238. The van der Waals surface area contributed by atoms with Crippen LogP contribution in [0.15, 0.2) is 57.9 Å². The van der Waals surface area contributed by atoms with E-state index in [2.05, 4.69) is 4.74 Å². The number of rotatable bonds is 7. The Bertz CT molecular complexity index is 1020. The van der Waals surface area contributed by atoms with Gasteiger partial charge in [-0.2, -0.15) is 0 Å². The highest BCUT2D eigenvalue weighted by molar-refractivity contribution is 5.79. The maximum atomic E-state index is 12.7. The van der Waals surface area contributed by atoms with E-state index in [4.69, 9.17) is 18.6 Å². The third-order valence-corrected chi connectivity index (χ3v) is 3.92. The van der Waals surface area contributed by atoms with Gasteiger partial charge in [0.2, 0.25) is 11.2 Å². The predicted octanol–water partition coefficient (Wildman–Crippen LogP) is 3.92. The molecule has 0 unspecified atom stereocenters. The van der Waals surface area contributed by atoms with Crippen molar-refractivity contribution in [1.82, 2.24) is 0 Å². The van der Waals surface area contributed by atoms with Crippen LogP contribution in [-0.4, -0.2) is 25.8 Å². The standard InChI is InChI=1S/C21H20O7/c1-4-25-14-5-7-15(8-6-14)28-19-12-26-18-11-16(9-10-17(18)20(19)22)27-13(2)21(23)24-3/h5-13H,4H2,1-3H3/t13-/m1/s1. The second-order valence-electron chi connectivity index (χ2n) is 5.88. The van der Waals surface area contributed by atoms with Gasteiger partial charge in [0.05, 0.1) is 19.1 Å². The van der Waals surface area contributed by atoms with Crippen LogP contribution in [0.4, 0.5) is 0 Å². The molecule has 1 atom stereocenters. The maximum absolute atomic E-state index is 12.7. The molecule has 0 N–H and O–H groups in total. The first-order valence-corrected chi connectivity index (χ1v) is 8.72. The fourth-order valence-corrected chi connectivity index (χ4v) is 2.55. The molecule has 146 valence electrons. The van der Waals surface area contributed by atoms with E-state index in [0.29, 0.717) is 34.8 Å². The molecule has 0 aliphatic carbocycles. The van der Waals surface area contributed by atoms with Gasteiger partial charge in [-0.3, -0.25) is 4.79 Å². The average Bonchev–Trinajstić information content (AvgIpc) is 2.71. The maximum Gasteiger partial charge on any atom is 0.346 e.